The van der Waals surface area contributed by atoms with E-state index in [0.717, 1.165) is 10.9 Å². The molecule has 2 atom stereocenters. The summed E-state index contributed by atoms with van der Waals surface area (Å²) in [5.41, 5.74) is -0.538. The van der Waals surface area contributed by atoms with Gasteiger partial charge in [0.1, 0.15) is 23.0 Å². The van der Waals surface area contributed by atoms with E-state index in [1.54, 1.807) is 25.0 Å². The van der Waals surface area contributed by atoms with Gasteiger partial charge in [0.15, 0.2) is 5.76 Å². The Kier molecular flexibility index (Phi) is 4.64. The van der Waals surface area contributed by atoms with Crippen LogP contribution >= 0.6 is 0 Å². The molecule has 1 aromatic carbocycles. The molecular formula is C21H27NO6. The first kappa shape index (κ1) is 19.2. The number of nitrogens with zero attached hydrogens (tertiary/aromatic N) is 1. The first-order chi connectivity index (χ1) is 13.3. The van der Waals surface area contributed by atoms with E-state index >= 15 is 0 Å². The van der Waals surface area contributed by atoms with Gasteiger partial charge in [-0.2, -0.15) is 0 Å². The monoisotopic (exact) mass is 389 g/mol. The normalized spacial score (nSPS) is 27.3. The lowest BCUT2D eigenvalue weighted by Crippen LogP contribution is -2.64. The molecule has 152 valence electrons. The van der Waals surface area contributed by atoms with Gasteiger partial charge in [-0.05, 0) is 38.8 Å². The van der Waals surface area contributed by atoms with Gasteiger partial charge < -0.3 is 29.0 Å². The van der Waals surface area contributed by atoms with Crippen molar-refractivity contribution in [3.8, 4) is 5.75 Å². The number of amides is 1. The van der Waals surface area contributed by atoms with E-state index in [0.29, 0.717) is 56.1 Å². The number of hydrogen-bond donors (Lipinski definition) is 2. The largest absolute Gasteiger partial charge is 0.497 e. The Hall–Kier alpha value is -2.09. The Morgan fingerprint density at radius 1 is 1.29 bits per heavy atom. The standard InChI is InChI=1S/C21H27NO6/c1-13-15-5-4-14(26-3)12-16(15)28-17(13)18(23)22-9-6-21(7-10-22)19(24)20(2,25)8-11-27-21/h4-5,12,19,24-25H,6-11H2,1-3H3/t19-,20+/m0/s1. The molecule has 7 nitrogen and oxygen atoms in total. The number of benzene rings is 1. The third-order valence-electron chi connectivity index (χ3n) is 6.32. The van der Waals surface area contributed by atoms with Crippen molar-refractivity contribution in [1.29, 1.82) is 0 Å². The SMILES string of the molecule is COc1ccc2c(C)c(C(=O)N3CCC4(CC3)OCC[C@@](C)(O)[C@@H]4O)oc2c1. The Morgan fingerprint density at radius 3 is 2.68 bits per heavy atom. The molecule has 1 aromatic heterocycles. The first-order valence-corrected chi connectivity index (χ1v) is 9.68. The molecule has 2 aliphatic heterocycles. The van der Waals surface area contributed by atoms with Crippen molar-refractivity contribution < 1.29 is 28.9 Å². The molecule has 1 spiro atoms. The summed E-state index contributed by atoms with van der Waals surface area (Å²) in [7, 11) is 1.59. The fourth-order valence-corrected chi connectivity index (χ4v) is 4.43. The fraction of sp³-hybridized carbons (Fsp3) is 0.571. The second kappa shape index (κ2) is 6.76. The molecule has 2 aliphatic rings. The molecule has 1 amide bonds. The van der Waals surface area contributed by atoms with E-state index in [1.165, 1.54) is 0 Å². The highest BCUT2D eigenvalue weighted by atomic mass is 16.5. The van der Waals surface area contributed by atoms with Gasteiger partial charge in [0.2, 0.25) is 0 Å². The molecule has 28 heavy (non-hydrogen) atoms. The number of aliphatic hydroxyl groups excluding tert-OH is 1. The number of aryl methyl sites for hydroxylation is 1. The van der Waals surface area contributed by atoms with Crippen LogP contribution in [-0.4, -0.2) is 65.1 Å². The molecule has 7 heteroatoms. The van der Waals surface area contributed by atoms with E-state index in [9.17, 15) is 15.0 Å². The highest BCUT2D eigenvalue weighted by Gasteiger charge is 2.53. The van der Waals surface area contributed by atoms with Crippen LogP contribution in [0.25, 0.3) is 11.0 Å². The van der Waals surface area contributed by atoms with Gasteiger partial charge in [-0.15, -0.1) is 0 Å². The van der Waals surface area contributed by atoms with Crippen LogP contribution in [0, 0.1) is 6.92 Å². The summed E-state index contributed by atoms with van der Waals surface area (Å²) in [5, 5.41) is 22.0. The van der Waals surface area contributed by atoms with Gasteiger partial charge in [-0.3, -0.25) is 4.79 Å². The average Bonchev–Trinajstić information content (AvgIpc) is 3.02. The Balaban J connectivity index is 1.53. The third kappa shape index (κ3) is 2.98. The number of rotatable bonds is 2. The molecule has 0 saturated carbocycles. The van der Waals surface area contributed by atoms with E-state index in [-0.39, 0.29) is 5.91 Å². The Labute approximate surface area is 163 Å². The number of carbonyl (C=O) groups is 1. The lowest BCUT2D eigenvalue weighted by molar-refractivity contribution is -0.244. The van der Waals surface area contributed by atoms with Gasteiger partial charge in [0, 0.05) is 36.5 Å². The fourth-order valence-electron chi connectivity index (χ4n) is 4.43. The van der Waals surface area contributed by atoms with Crippen molar-refractivity contribution in [2.24, 2.45) is 0 Å². The summed E-state index contributed by atoms with van der Waals surface area (Å²) >= 11 is 0. The van der Waals surface area contributed by atoms with Crippen molar-refractivity contribution in [2.45, 2.75) is 50.4 Å². The number of fused-ring (bicyclic) bond motifs is 1. The number of carbonyl (C=O) groups excluding carboxylic acids is 1. The van der Waals surface area contributed by atoms with Crippen molar-refractivity contribution in [3.63, 3.8) is 0 Å². The maximum absolute atomic E-state index is 13.1. The molecule has 2 saturated heterocycles. The number of piperidine rings is 1. The van der Waals surface area contributed by atoms with Gasteiger partial charge >= 0.3 is 0 Å². The summed E-state index contributed by atoms with van der Waals surface area (Å²) in [6, 6.07) is 5.51. The summed E-state index contributed by atoms with van der Waals surface area (Å²) in [4.78, 5) is 14.8. The number of ether oxygens (including phenoxy) is 2. The van der Waals surface area contributed by atoms with Crippen LogP contribution in [0.4, 0.5) is 0 Å². The molecule has 0 radical (unpaired) electrons. The topological polar surface area (TPSA) is 92.4 Å². The zero-order valence-electron chi connectivity index (χ0n) is 16.5. The number of methoxy groups -OCH3 is 1. The van der Waals surface area contributed by atoms with Gasteiger partial charge in [-0.25, -0.2) is 0 Å². The van der Waals surface area contributed by atoms with Crippen LogP contribution in [0.1, 0.15) is 42.3 Å². The van der Waals surface area contributed by atoms with Crippen LogP contribution in [0.3, 0.4) is 0 Å². The molecule has 0 bridgehead atoms. The molecule has 2 fully saturated rings. The quantitative estimate of drug-likeness (QED) is 0.819. The van der Waals surface area contributed by atoms with Gasteiger partial charge in [-0.1, -0.05) is 0 Å². The van der Waals surface area contributed by atoms with Crippen LogP contribution in [0.2, 0.25) is 0 Å². The number of likely N-dealkylation sites (tertiary alicyclic amines) is 1. The Morgan fingerprint density at radius 2 is 2.00 bits per heavy atom. The highest BCUT2D eigenvalue weighted by Crippen LogP contribution is 2.40. The summed E-state index contributed by atoms with van der Waals surface area (Å²) in [5.74, 6) is 0.839. The minimum absolute atomic E-state index is 0.167. The molecule has 4 rings (SSSR count). The Bertz CT molecular complexity index is 894. The van der Waals surface area contributed by atoms with Crippen LogP contribution < -0.4 is 4.74 Å². The zero-order chi connectivity index (χ0) is 20.1. The van der Waals surface area contributed by atoms with Gasteiger partial charge in [0.25, 0.3) is 5.91 Å². The van der Waals surface area contributed by atoms with Crippen molar-refractivity contribution in [1.82, 2.24) is 4.90 Å². The zero-order valence-corrected chi connectivity index (χ0v) is 16.5. The van der Waals surface area contributed by atoms with Crippen LogP contribution in [0.5, 0.6) is 5.75 Å². The van der Waals surface area contributed by atoms with Crippen molar-refractivity contribution >= 4 is 16.9 Å². The van der Waals surface area contributed by atoms with Crippen molar-refractivity contribution in [2.75, 3.05) is 26.8 Å². The average molecular weight is 389 g/mol. The van der Waals surface area contributed by atoms with E-state index in [4.69, 9.17) is 13.9 Å². The summed E-state index contributed by atoms with van der Waals surface area (Å²) in [6.45, 7) is 4.80. The number of hydrogen-bond acceptors (Lipinski definition) is 6. The molecule has 0 aliphatic carbocycles. The lowest BCUT2D eigenvalue weighted by atomic mass is 9.75. The van der Waals surface area contributed by atoms with E-state index in [1.807, 2.05) is 19.1 Å². The first-order valence-electron chi connectivity index (χ1n) is 9.68. The molecule has 2 N–H and O–H groups in total. The summed E-state index contributed by atoms with van der Waals surface area (Å²) < 4.78 is 17.0. The second-order valence-electron chi connectivity index (χ2n) is 8.13. The maximum Gasteiger partial charge on any atom is 0.289 e. The predicted molar refractivity (Wildman–Crippen MR) is 103 cm³/mol. The van der Waals surface area contributed by atoms with E-state index < -0.39 is 17.3 Å². The molecule has 2 aromatic rings. The minimum Gasteiger partial charge on any atom is -0.497 e. The second-order valence-corrected chi connectivity index (χ2v) is 8.13. The van der Waals surface area contributed by atoms with Crippen LogP contribution in [-0.2, 0) is 4.74 Å². The molecular weight excluding hydrogens is 362 g/mol. The maximum atomic E-state index is 13.1. The number of furan rings is 1. The predicted octanol–water partition coefficient (Wildman–Crippen LogP) is 2.26. The summed E-state index contributed by atoms with van der Waals surface area (Å²) in [6.07, 6.45) is 0.387. The van der Waals surface area contributed by atoms with E-state index in [2.05, 4.69) is 0 Å². The smallest absolute Gasteiger partial charge is 0.289 e. The number of aliphatic hydroxyl groups is 2. The molecule has 3 heterocycles. The lowest BCUT2D eigenvalue weighted by Gasteiger charge is -2.51. The van der Waals surface area contributed by atoms with Crippen molar-refractivity contribution in [3.05, 3.63) is 29.5 Å². The van der Waals surface area contributed by atoms with Crippen LogP contribution in [0.15, 0.2) is 22.6 Å². The minimum atomic E-state index is -1.17. The molecule has 0 unspecified atom stereocenters. The van der Waals surface area contributed by atoms with Gasteiger partial charge in [0.05, 0.1) is 19.3 Å². The highest BCUT2D eigenvalue weighted by molar-refractivity contribution is 5.99. The third-order valence-corrected chi connectivity index (χ3v) is 6.32.